The number of para-hydroxylation sites is 2. The highest BCUT2D eigenvalue weighted by atomic mass is 16.5. The molecule has 1 heterocycles. The summed E-state index contributed by atoms with van der Waals surface area (Å²) in [6.45, 7) is 0.485. The van der Waals surface area contributed by atoms with Crippen molar-refractivity contribution in [2.45, 2.75) is 6.54 Å². The SMILES string of the molecule is O=C(NCc1ccccc1OCCO)c1ccccc1-n1cccn1. The Kier molecular flexibility index (Phi) is 5.43. The Bertz CT molecular complexity index is 831. The van der Waals surface area contributed by atoms with E-state index in [0.29, 0.717) is 17.9 Å². The van der Waals surface area contributed by atoms with Crippen molar-refractivity contribution >= 4 is 5.91 Å². The van der Waals surface area contributed by atoms with Gasteiger partial charge in [0.2, 0.25) is 0 Å². The minimum Gasteiger partial charge on any atom is -0.491 e. The number of nitrogens with one attached hydrogen (secondary N) is 1. The number of aromatic nitrogens is 2. The maximum absolute atomic E-state index is 12.6. The van der Waals surface area contributed by atoms with Crippen LogP contribution in [0.3, 0.4) is 0 Å². The van der Waals surface area contributed by atoms with Crippen LogP contribution in [0, 0.1) is 0 Å². The predicted octanol–water partition coefficient (Wildman–Crippen LogP) is 2.17. The monoisotopic (exact) mass is 337 g/mol. The number of aliphatic hydroxyl groups excluding tert-OH is 1. The molecule has 128 valence electrons. The maximum atomic E-state index is 12.6. The van der Waals surface area contributed by atoms with Crippen molar-refractivity contribution in [3.63, 3.8) is 0 Å². The summed E-state index contributed by atoms with van der Waals surface area (Å²) in [5, 5.41) is 16.0. The number of hydrogen-bond donors (Lipinski definition) is 2. The zero-order valence-electron chi connectivity index (χ0n) is 13.6. The molecule has 0 aliphatic heterocycles. The van der Waals surface area contributed by atoms with Gasteiger partial charge in [-0.2, -0.15) is 5.10 Å². The Balaban J connectivity index is 1.74. The van der Waals surface area contributed by atoms with Crippen LogP contribution in [0.4, 0.5) is 0 Å². The first kappa shape index (κ1) is 16.7. The molecule has 0 atom stereocenters. The maximum Gasteiger partial charge on any atom is 0.253 e. The number of ether oxygens (including phenoxy) is 1. The average molecular weight is 337 g/mol. The van der Waals surface area contributed by atoms with Crippen LogP contribution < -0.4 is 10.1 Å². The minimum atomic E-state index is -0.192. The standard InChI is InChI=1S/C19H19N3O3/c23-12-13-25-18-9-4-1-6-15(18)14-20-19(24)16-7-2-3-8-17(16)22-11-5-10-21-22/h1-11,23H,12-14H2,(H,20,24). The normalized spacial score (nSPS) is 10.4. The number of carbonyl (C=O) groups is 1. The van der Waals surface area contributed by atoms with Gasteiger partial charge < -0.3 is 15.2 Å². The molecule has 3 aromatic rings. The Hall–Kier alpha value is -3.12. The van der Waals surface area contributed by atoms with Gasteiger partial charge >= 0.3 is 0 Å². The number of amides is 1. The van der Waals surface area contributed by atoms with E-state index in [1.807, 2.05) is 48.5 Å². The highest BCUT2D eigenvalue weighted by Crippen LogP contribution is 2.18. The molecule has 6 nitrogen and oxygen atoms in total. The van der Waals surface area contributed by atoms with E-state index in [1.165, 1.54) is 0 Å². The number of aliphatic hydroxyl groups is 1. The molecule has 0 saturated heterocycles. The van der Waals surface area contributed by atoms with Gasteiger partial charge in [0.05, 0.1) is 17.9 Å². The van der Waals surface area contributed by atoms with Gasteiger partial charge in [0.1, 0.15) is 12.4 Å². The third-order valence-corrected chi connectivity index (χ3v) is 3.66. The van der Waals surface area contributed by atoms with Crippen molar-refractivity contribution in [1.29, 1.82) is 0 Å². The van der Waals surface area contributed by atoms with E-state index in [0.717, 1.165) is 11.3 Å². The third-order valence-electron chi connectivity index (χ3n) is 3.66. The van der Waals surface area contributed by atoms with Gasteiger partial charge in [-0.25, -0.2) is 4.68 Å². The lowest BCUT2D eigenvalue weighted by molar-refractivity contribution is 0.0950. The molecule has 25 heavy (non-hydrogen) atoms. The van der Waals surface area contributed by atoms with E-state index >= 15 is 0 Å². The topological polar surface area (TPSA) is 76.4 Å². The summed E-state index contributed by atoms with van der Waals surface area (Å²) in [5.74, 6) is 0.459. The van der Waals surface area contributed by atoms with Crippen LogP contribution in [0.1, 0.15) is 15.9 Å². The number of benzene rings is 2. The fourth-order valence-electron chi connectivity index (χ4n) is 2.49. The molecule has 0 radical (unpaired) electrons. The van der Waals surface area contributed by atoms with Crippen LogP contribution in [-0.4, -0.2) is 34.0 Å². The fraction of sp³-hybridized carbons (Fsp3) is 0.158. The molecule has 2 N–H and O–H groups in total. The second-order valence-electron chi connectivity index (χ2n) is 5.33. The first-order valence-corrected chi connectivity index (χ1v) is 7.98. The van der Waals surface area contributed by atoms with Crippen LogP contribution >= 0.6 is 0 Å². The molecule has 0 unspecified atom stereocenters. The minimum absolute atomic E-state index is 0.0576. The molecule has 3 rings (SSSR count). The van der Waals surface area contributed by atoms with Crippen LogP contribution in [0.25, 0.3) is 5.69 Å². The molecular weight excluding hydrogens is 318 g/mol. The van der Waals surface area contributed by atoms with Gasteiger partial charge in [-0.1, -0.05) is 30.3 Å². The molecule has 0 aliphatic carbocycles. The van der Waals surface area contributed by atoms with Crippen molar-refractivity contribution in [1.82, 2.24) is 15.1 Å². The molecule has 0 fully saturated rings. The zero-order chi connectivity index (χ0) is 17.5. The molecule has 1 aromatic heterocycles. The quantitative estimate of drug-likeness (QED) is 0.693. The second kappa shape index (κ2) is 8.12. The zero-order valence-corrected chi connectivity index (χ0v) is 13.6. The largest absolute Gasteiger partial charge is 0.491 e. The fourth-order valence-corrected chi connectivity index (χ4v) is 2.49. The molecule has 6 heteroatoms. The highest BCUT2D eigenvalue weighted by Gasteiger charge is 2.13. The molecule has 2 aromatic carbocycles. The van der Waals surface area contributed by atoms with Crippen molar-refractivity contribution < 1.29 is 14.6 Å². The number of nitrogens with zero attached hydrogens (tertiary/aromatic N) is 2. The number of rotatable bonds is 7. The Labute approximate surface area is 145 Å². The number of carbonyl (C=O) groups excluding carboxylic acids is 1. The van der Waals surface area contributed by atoms with Crippen molar-refractivity contribution in [3.05, 3.63) is 78.1 Å². The van der Waals surface area contributed by atoms with E-state index in [2.05, 4.69) is 10.4 Å². The summed E-state index contributed by atoms with van der Waals surface area (Å²) < 4.78 is 7.15. The van der Waals surface area contributed by atoms with E-state index < -0.39 is 0 Å². The first-order chi connectivity index (χ1) is 12.3. The molecule has 0 saturated carbocycles. The molecular formula is C19H19N3O3. The van der Waals surface area contributed by atoms with Crippen molar-refractivity contribution in [3.8, 4) is 11.4 Å². The van der Waals surface area contributed by atoms with E-state index in [9.17, 15) is 4.79 Å². The number of hydrogen-bond acceptors (Lipinski definition) is 4. The van der Waals surface area contributed by atoms with Crippen molar-refractivity contribution in [2.75, 3.05) is 13.2 Å². The van der Waals surface area contributed by atoms with Crippen molar-refractivity contribution in [2.24, 2.45) is 0 Å². The van der Waals surface area contributed by atoms with E-state index in [4.69, 9.17) is 9.84 Å². The summed E-state index contributed by atoms with van der Waals surface area (Å²) in [7, 11) is 0. The smallest absolute Gasteiger partial charge is 0.253 e. The van der Waals surface area contributed by atoms with E-state index in [-0.39, 0.29) is 19.1 Å². The molecule has 0 spiro atoms. The summed E-state index contributed by atoms with van der Waals surface area (Å²) in [4.78, 5) is 12.6. The Morgan fingerprint density at radius 1 is 1.12 bits per heavy atom. The van der Waals surface area contributed by atoms with Gasteiger partial charge in [-0.15, -0.1) is 0 Å². The lowest BCUT2D eigenvalue weighted by atomic mass is 10.1. The van der Waals surface area contributed by atoms with Gasteiger partial charge in [0.15, 0.2) is 0 Å². The molecule has 0 bridgehead atoms. The summed E-state index contributed by atoms with van der Waals surface area (Å²) >= 11 is 0. The van der Waals surface area contributed by atoms with Crippen LogP contribution in [-0.2, 0) is 6.54 Å². The van der Waals surface area contributed by atoms with Gasteiger partial charge in [-0.3, -0.25) is 4.79 Å². The summed E-state index contributed by atoms with van der Waals surface area (Å²) in [6, 6.07) is 16.5. The van der Waals surface area contributed by atoms with E-state index in [1.54, 1.807) is 23.1 Å². The van der Waals surface area contributed by atoms with Gasteiger partial charge in [0.25, 0.3) is 5.91 Å². The molecule has 0 aliphatic rings. The van der Waals surface area contributed by atoms with Gasteiger partial charge in [0, 0.05) is 24.5 Å². The van der Waals surface area contributed by atoms with Crippen LogP contribution in [0.5, 0.6) is 5.75 Å². The lowest BCUT2D eigenvalue weighted by Gasteiger charge is -2.13. The van der Waals surface area contributed by atoms with Gasteiger partial charge in [-0.05, 0) is 24.3 Å². The summed E-state index contributed by atoms with van der Waals surface area (Å²) in [5.41, 5.74) is 2.11. The third kappa shape index (κ3) is 4.05. The Morgan fingerprint density at radius 3 is 2.72 bits per heavy atom. The average Bonchev–Trinajstić information content (AvgIpc) is 3.19. The van der Waals surface area contributed by atoms with Crippen LogP contribution in [0.15, 0.2) is 67.0 Å². The highest BCUT2D eigenvalue weighted by molar-refractivity contribution is 5.97. The lowest BCUT2D eigenvalue weighted by Crippen LogP contribution is -2.24. The predicted molar refractivity (Wildman–Crippen MR) is 93.8 cm³/mol. The summed E-state index contributed by atoms with van der Waals surface area (Å²) in [6.07, 6.45) is 3.47. The van der Waals surface area contributed by atoms with Crippen LogP contribution in [0.2, 0.25) is 0 Å². The second-order valence-corrected chi connectivity index (χ2v) is 5.33. The Morgan fingerprint density at radius 2 is 1.92 bits per heavy atom. The first-order valence-electron chi connectivity index (χ1n) is 7.98. The molecule has 1 amide bonds.